The van der Waals surface area contributed by atoms with Crippen LogP contribution in [-0.4, -0.2) is 18.5 Å². The summed E-state index contributed by atoms with van der Waals surface area (Å²) in [5.74, 6) is -0.320. The van der Waals surface area contributed by atoms with Gasteiger partial charge in [-0.15, -0.1) is 0 Å². The summed E-state index contributed by atoms with van der Waals surface area (Å²) < 4.78 is 5.32. The monoisotopic (exact) mass is 422 g/mol. The number of hydrogen-bond donors (Lipinski definition) is 2. The van der Waals surface area contributed by atoms with E-state index in [4.69, 9.17) is 27.9 Å². The summed E-state index contributed by atoms with van der Waals surface area (Å²) in [7, 11) is 0. The van der Waals surface area contributed by atoms with Crippen LogP contribution in [0.5, 0.6) is 5.75 Å². The van der Waals surface area contributed by atoms with Crippen LogP contribution in [0.1, 0.15) is 49.4 Å². The zero-order valence-corrected chi connectivity index (χ0v) is 17.3. The van der Waals surface area contributed by atoms with Crippen molar-refractivity contribution in [1.29, 1.82) is 0 Å². The first-order valence-electron chi connectivity index (χ1n) is 9.31. The highest BCUT2D eigenvalue weighted by atomic mass is 35.5. The fraction of sp³-hybridized carbons (Fsp3) is 0.333. The van der Waals surface area contributed by atoms with Gasteiger partial charge in [0.1, 0.15) is 5.75 Å². The van der Waals surface area contributed by atoms with E-state index < -0.39 is 12.0 Å². The van der Waals surface area contributed by atoms with Gasteiger partial charge >= 0.3 is 6.09 Å². The Hall–Kier alpha value is -2.24. The van der Waals surface area contributed by atoms with Gasteiger partial charge < -0.3 is 15.4 Å². The van der Waals surface area contributed by atoms with Crippen molar-refractivity contribution in [1.82, 2.24) is 5.32 Å². The van der Waals surface area contributed by atoms with Gasteiger partial charge in [0.05, 0.1) is 5.56 Å². The van der Waals surface area contributed by atoms with Crippen LogP contribution in [0.3, 0.4) is 0 Å². The second-order valence-corrected chi connectivity index (χ2v) is 7.21. The van der Waals surface area contributed by atoms with Gasteiger partial charge in [0.15, 0.2) is 0 Å². The van der Waals surface area contributed by atoms with Gasteiger partial charge in [-0.05, 0) is 42.8 Å². The van der Waals surface area contributed by atoms with E-state index in [0.717, 1.165) is 19.3 Å². The number of rotatable bonds is 9. The van der Waals surface area contributed by atoms with E-state index in [-0.39, 0.29) is 11.3 Å². The Labute approximate surface area is 175 Å². The Balaban J connectivity index is 1.97. The molecule has 7 heteroatoms. The normalized spacial score (nSPS) is 10.4. The lowest BCUT2D eigenvalue weighted by molar-refractivity contribution is 0.102. The average Bonchev–Trinajstić information content (AvgIpc) is 2.66. The number of ether oxygens (including phenoxy) is 1. The molecular weight excluding hydrogens is 399 g/mol. The van der Waals surface area contributed by atoms with Crippen LogP contribution in [0.15, 0.2) is 42.5 Å². The first-order valence-corrected chi connectivity index (χ1v) is 10.1. The van der Waals surface area contributed by atoms with Gasteiger partial charge in [0.2, 0.25) is 0 Å². The molecule has 0 atom stereocenters. The Morgan fingerprint density at radius 2 is 1.71 bits per heavy atom. The van der Waals surface area contributed by atoms with Crippen molar-refractivity contribution in [3.8, 4) is 5.75 Å². The van der Waals surface area contributed by atoms with Crippen LogP contribution in [0.25, 0.3) is 0 Å². The molecule has 0 bridgehead atoms. The van der Waals surface area contributed by atoms with Crippen LogP contribution in [0.4, 0.5) is 10.5 Å². The van der Waals surface area contributed by atoms with Crippen LogP contribution in [-0.2, 0) is 0 Å². The number of hydrogen-bond acceptors (Lipinski definition) is 3. The quantitative estimate of drug-likeness (QED) is 0.465. The Kier molecular flexibility index (Phi) is 9.11. The van der Waals surface area contributed by atoms with Gasteiger partial charge in [-0.25, -0.2) is 4.79 Å². The molecular formula is C21H24Cl2N2O3. The number of benzene rings is 2. The van der Waals surface area contributed by atoms with E-state index in [1.54, 1.807) is 30.3 Å². The number of nitrogens with one attached hydrogen (secondary N) is 2. The van der Waals surface area contributed by atoms with Crippen molar-refractivity contribution in [2.24, 2.45) is 0 Å². The summed E-state index contributed by atoms with van der Waals surface area (Å²) in [4.78, 5) is 24.7. The first kappa shape index (κ1) is 22.1. The number of anilines is 1. The fourth-order valence-corrected chi connectivity index (χ4v) is 2.95. The van der Waals surface area contributed by atoms with Gasteiger partial charge in [-0.2, -0.15) is 0 Å². The molecule has 0 spiro atoms. The third-order valence-electron chi connectivity index (χ3n) is 4.02. The summed E-state index contributed by atoms with van der Waals surface area (Å²) >= 11 is 12.0. The molecule has 2 amide bonds. The molecule has 2 rings (SSSR count). The Morgan fingerprint density at radius 1 is 0.964 bits per heavy atom. The van der Waals surface area contributed by atoms with Gasteiger partial charge in [-0.3, -0.25) is 4.79 Å². The van der Waals surface area contributed by atoms with E-state index in [1.165, 1.54) is 25.0 Å². The van der Waals surface area contributed by atoms with Crippen LogP contribution >= 0.6 is 23.2 Å². The van der Waals surface area contributed by atoms with Crippen molar-refractivity contribution in [2.45, 2.75) is 39.0 Å². The summed E-state index contributed by atoms with van der Waals surface area (Å²) in [6, 6.07) is 11.3. The lowest BCUT2D eigenvalue weighted by atomic mass is 10.1. The third kappa shape index (κ3) is 7.41. The average molecular weight is 423 g/mol. The molecule has 28 heavy (non-hydrogen) atoms. The molecule has 0 aliphatic heterocycles. The molecule has 0 heterocycles. The molecule has 2 aromatic carbocycles. The SMILES string of the molecule is CCCCCCCNC(=O)Oc1ccc(Cl)cc1C(=O)Nc1cccc(Cl)c1. The number of unbranched alkanes of at least 4 members (excludes halogenated alkanes) is 4. The predicted molar refractivity (Wildman–Crippen MR) is 114 cm³/mol. The predicted octanol–water partition coefficient (Wildman–Crippen LogP) is 6.30. The highest BCUT2D eigenvalue weighted by molar-refractivity contribution is 6.31. The van der Waals surface area contributed by atoms with E-state index in [9.17, 15) is 9.59 Å². The molecule has 0 fully saturated rings. The highest BCUT2D eigenvalue weighted by Crippen LogP contribution is 2.25. The minimum absolute atomic E-state index is 0.132. The molecule has 2 aromatic rings. The van der Waals surface area contributed by atoms with Crippen molar-refractivity contribution < 1.29 is 14.3 Å². The number of amides is 2. The maximum atomic E-state index is 12.6. The summed E-state index contributed by atoms with van der Waals surface area (Å²) in [5.41, 5.74) is 0.686. The molecule has 2 N–H and O–H groups in total. The van der Waals surface area contributed by atoms with E-state index in [2.05, 4.69) is 17.6 Å². The maximum Gasteiger partial charge on any atom is 0.412 e. The number of carbonyl (C=O) groups excluding carboxylic acids is 2. The first-order chi connectivity index (χ1) is 13.5. The second-order valence-electron chi connectivity index (χ2n) is 6.34. The summed E-state index contributed by atoms with van der Waals surface area (Å²) in [6.45, 7) is 2.68. The zero-order chi connectivity index (χ0) is 20.4. The van der Waals surface area contributed by atoms with Crippen molar-refractivity contribution in [3.05, 3.63) is 58.1 Å². The summed E-state index contributed by atoms with van der Waals surface area (Å²) in [6.07, 6.45) is 4.86. The zero-order valence-electron chi connectivity index (χ0n) is 15.8. The van der Waals surface area contributed by atoms with Gasteiger partial charge in [-0.1, -0.05) is 61.9 Å². The van der Waals surface area contributed by atoms with E-state index in [1.807, 2.05) is 0 Å². The van der Waals surface area contributed by atoms with Crippen LogP contribution in [0, 0.1) is 0 Å². The van der Waals surface area contributed by atoms with Crippen LogP contribution in [0.2, 0.25) is 10.0 Å². The Bertz CT molecular complexity index is 812. The third-order valence-corrected chi connectivity index (χ3v) is 4.49. The summed E-state index contributed by atoms with van der Waals surface area (Å²) in [5, 5.41) is 6.28. The maximum absolute atomic E-state index is 12.6. The van der Waals surface area contributed by atoms with Crippen molar-refractivity contribution in [3.63, 3.8) is 0 Å². The molecule has 0 unspecified atom stereocenters. The van der Waals surface area contributed by atoms with E-state index >= 15 is 0 Å². The molecule has 0 aliphatic carbocycles. The van der Waals surface area contributed by atoms with Crippen LogP contribution < -0.4 is 15.4 Å². The molecule has 0 radical (unpaired) electrons. The minimum atomic E-state index is -0.602. The fourth-order valence-electron chi connectivity index (χ4n) is 2.59. The molecule has 0 saturated heterocycles. The Morgan fingerprint density at radius 3 is 2.46 bits per heavy atom. The van der Waals surface area contributed by atoms with Gasteiger partial charge in [0, 0.05) is 22.3 Å². The lowest BCUT2D eigenvalue weighted by Crippen LogP contribution is -2.28. The van der Waals surface area contributed by atoms with Crippen molar-refractivity contribution >= 4 is 40.9 Å². The standard InChI is InChI=1S/C21H24Cl2N2O3/c1-2-3-4-5-6-12-24-21(27)28-19-11-10-16(23)14-18(19)20(26)25-17-9-7-8-15(22)13-17/h7-11,13-14H,2-6,12H2,1H3,(H,24,27)(H,25,26). The van der Waals surface area contributed by atoms with Gasteiger partial charge in [0.25, 0.3) is 5.91 Å². The largest absolute Gasteiger partial charge is 0.412 e. The second kappa shape index (κ2) is 11.6. The number of carbonyl (C=O) groups is 2. The minimum Gasteiger partial charge on any atom is -0.409 e. The molecule has 150 valence electrons. The number of halogens is 2. The lowest BCUT2D eigenvalue weighted by Gasteiger charge is -2.12. The molecule has 0 aliphatic rings. The van der Waals surface area contributed by atoms with E-state index in [0.29, 0.717) is 22.3 Å². The molecule has 5 nitrogen and oxygen atoms in total. The topological polar surface area (TPSA) is 67.4 Å². The van der Waals surface area contributed by atoms with Crippen molar-refractivity contribution in [2.75, 3.05) is 11.9 Å². The smallest absolute Gasteiger partial charge is 0.409 e. The molecule has 0 saturated carbocycles. The highest BCUT2D eigenvalue weighted by Gasteiger charge is 2.16. The molecule has 0 aromatic heterocycles.